The van der Waals surface area contributed by atoms with Crippen LogP contribution in [0.25, 0.3) is 0 Å². The number of halogens is 3. The molecule has 4 nitrogen and oxygen atoms in total. The summed E-state index contributed by atoms with van der Waals surface area (Å²) < 4.78 is 37.7. The van der Waals surface area contributed by atoms with Crippen molar-refractivity contribution in [3.05, 3.63) is 53.6 Å². The molecular formula is C18H20F3N3O. The highest BCUT2D eigenvalue weighted by Gasteiger charge is 2.32. The zero-order valence-corrected chi connectivity index (χ0v) is 13.9. The number of nitrogens with zero attached hydrogens (tertiary/aromatic N) is 3. The number of pyridine rings is 2. The minimum Gasteiger partial charge on any atom is -0.388 e. The summed E-state index contributed by atoms with van der Waals surface area (Å²) in [6, 6.07) is 4.40. The monoisotopic (exact) mass is 351 g/mol. The third kappa shape index (κ3) is 4.10. The predicted octanol–water partition coefficient (Wildman–Crippen LogP) is 3.75. The maximum atomic E-state index is 12.6. The molecule has 1 fully saturated rings. The third-order valence-corrected chi connectivity index (χ3v) is 4.63. The molecule has 0 saturated carbocycles. The SMILES string of the molecule is Cc1cncc(C(O)C2CCN(c3ccc(C(F)(F)F)nc3)CC2)c1. The molecule has 0 amide bonds. The zero-order chi connectivity index (χ0) is 18.0. The van der Waals surface area contributed by atoms with Crippen molar-refractivity contribution in [2.45, 2.75) is 32.0 Å². The molecule has 3 heterocycles. The molecule has 2 aromatic heterocycles. The van der Waals surface area contributed by atoms with Crippen LogP contribution in [-0.4, -0.2) is 28.2 Å². The minimum atomic E-state index is -4.42. The lowest BCUT2D eigenvalue weighted by atomic mass is 9.87. The first kappa shape index (κ1) is 17.7. The van der Waals surface area contributed by atoms with Gasteiger partial charge in [0.1, 0.15) is 5.69 Å². The van der Waals surface area contributed by atoms with Crippen LogP contribution in [0.3, 0.4) is 0 Å². The van der Waals surface area contributed by atoms with Gasteiger partial charge in [-0.25, -0.2) is 4.98 Å². The van der Waals surface area contributed by atoms with E-state index in [-0.39, 0.29) is 5.92 Å². The summed E-state index contributed by atoms with van der Waals surface area (Å²) in [5.74, 6) is 0.113. The van der Waals surface area contributed by atoms with Crippen LogP contribution in [0.5, 0.6) is 0 Å². The van der Waals surface area contributed by atoms with E-state index in [9.17, 15) is 18.3 Å². The molecule has 1 aliphatic rings. The van der Waals surface area contributed by atoms with Crippen LogP contribution in [-0.2, 0) is 6.18 Å². The van der Waals surface area contributed by atoms with Crippen LogP contribution in [0, 0.1) is 12.8 Å². The standard InChI is InChI=1S/C18H20F3N3O/c1-12-8-14(10-22-9-12)17(25)13-4-6-24(7-5-13)15-2-3-16(23-11-15)18(19,20)21/h2-3,8-11,13,17,25H,4-7H2,1H3. The number of hydrogen-bond acceptors (Lipinski definition) is 4. The topological polar surface area (TPSA) is 49.3 Å². The highest BCUT2D eigenvalue weighted by molar-refractivity contribution is 5.45. The summed E-state index contributed by atoms with van der Waals surface area (Å²) in [5, 5.41) is 10.6. The maximum absolute atomic E-state index is 12.6. The zero-order valence-electron chi connectivity index (χ0n) is 13.9. The summed E-state index contributed by atoms with van der Waals surface area (Å²) in [4.78, 5) is 9.64. The van der Waals surface area contributed by atoms with E-state index in [1.165, 1.54) is 12.3 Å². The Balaban J connectivity index is 1.62. The van der Waals surface area contributed by atoms with Gasteiger partial charge >= 0.3 is 6.18 Å². The average molecular weight is 351 g/mol. The largest absolute Gasteiger partial charge is 0.433 e. The van der Waals surface area contributed by atoms with E-state index in [2.05, 4.69) is 9.97 Å². The first-order chi connectivity index (χ1) is 11.8. The van der Waals surface area contributed by atoms with Crippen LogP contribution >= 0.6 is 0 Å². The number of aryl methyl sites for hydroxylation is 1. The van der Waals surface area contributed by atoms with Gasteiger partial charge < -0.3 is 10.0 Å². The fourth-order valence-electron chi connectivity index (χ4n) is 3.23. The number of aliphatic hydroxyl groups is 1. The van der Waals surface area contributed by atoms with E-state index >= 15 is 0 Å². The second kappa shape index (κ2) is 7.00. The van der Waals surface area contributed by atoms with Gasteiger partial charge in [-0.15, -0.1) is 0 Å². The molecule has 0 aromatic carbocycles. The smallest absolute Gasteiger partial charge is 0.388 e. The molecule has 3 rings (SSSR count). The van der Waals surface area contributed by atoms with Crippen molar-refractivity contribution >= 4 is 5.69 Å². The fraction of sp³-hybridized carbons (Fsp3) is 0.444. The molecule has 1 saturated heterocycles. The van der Waals surface area contributed by atoms with E-state index in [4.69, 9.17) is 0 Å². The number of aromatic nitrogens is 2. The third-order valence-electron chi connectivity index (χ3n) is 4.63. The molecule has 0 bridgehead atoms. The summed E-state index contributed by atoms with van der Waals surface area (Å²) in [6.45, 7) is 3.28. The van der Waals surface area contributed by atoms with Crippen molar-refractivity contribution in [3.63, 3.8) is 0 Å². The normalized spacial score (nSPS) is 17.6. The number of anilines is 1. The number of aliphatic hydroxyl groups excluding tert-OH is 1. The molecule has 1 atom stereocenters. The average Bonchev–Trinajstić information content (AvgIpc) is 2.61. The van der Waals surface area contributed by atoms with E-state index in [0.29, 0.717) is 18.8 Å². The van der Waals surface area contributed by atoms with Gasteiger partial charge in [-0.05, 0) is 48.9 Å². The van der Waals surface area contributed by atoms with Crippen LogP contribution < -0.4 is 4.90 Å². The van der Waals surface area contributed by atoms with Crippen LogP contribution in [0.1, 0.15) is 35.8 Å². The van der Waals surface area contributed by atoms with Crippen LogP contribution in [0.15, 0.2) is 36.8 Å². The van der Waals surface area contributed by atoms with Gasteiger partial charge in [-0.3, -0.25) is 4.98 Å². The van der Waals surface area contributed by atoms with Gasteiger partial charge in [0.05, 0.1) is 18.0 Å². The van der Waals surface area contributed by atoms with E-state index in [1.807, 2.05) is 17.9 Å². The van der Waals surface area contributed by atoms with E-state index in [1.54, 1.807) is 12.4 Å². The first-order valence-corrected chi connectivity index (χ1v) is 8.22. The van der Waals surface area contributed by atoms with Crippen LogP contribution in [0.4, 0.5) is 18.9 Å². The lowest BCUT2D eigenvalue weighted by Crippen LogP contribution is -2.35. The number of hydrogen-bond donors (Lipinski definition) is 1. The lowest BCUT2D eigenvalue weighted by molar-refractivity contribution is -0.141. The van der Waals surface area contributed by atoms with Crippen molar-refractivity contribution in [2.24, 2.45) is 5.92 Å². The van der Waals surface area contributed by atoms with Crippen molar-refractivity contribution in [1.29, 1.82) is 0 Å². The molecular weight excluding hydrogens is 331 g/mol. The summed E-state index contributed by atoms with van der Waals surface area (Å²) >= 11 is 0. The van der Waals surface area contributed by atoms with Gasteiger partial charge in [-0.2, -0.15) is 13.2 Å². The number of piperidine rings is 1. The second-order valence-corrected chi connectivity index (χ2v) is 6.46. The Hall–Kier alpha value is -2.15. The van der Waals surface area contributed by atoms with Crippen molar-refractivity contribution in [2.75, 3.05) is 18.0 Å². The summed E-state index contributed by atoms with van der Waals surface area (Å²) in [6.07, 6.45) is 1.23. The fourth-order valence-corrected chi connectivity index (χ4v) is 3.23. The van der Waals surface area contributed by atoms with Crippen molar-refractivity contribution in [1.82, 2.24) is 9.97 Å². The number of alkyl halides is 3. The Morgan fingerprint density at radius 3 is 2.44 bits per heavy atom. The molecule has 0 radical (unpaired) electrons. The Morgan fingerprint density at radius 1 is 1.16 bits per heavy atom. The van der Waals surface area contributed by atoms with Crippen molar-refractivity contribution in [3.8, 4) is 0 Å². The van der Waals surface area contributed by atoms with Gasteiger partial charge in [-0.1, -0.05) is 6.07 Å². The summed E-state index contributed by atoms with van der Waals surface area (Å²) in [5.41, 5.74) is 1.62. The quantitative estimate of drug-likeness (QED) is 0.915. The Bertz CT molecular complexity index is 710. The first-order valence-electron chi connectivity index (χ1n) is 8.22. The van der Waals surface area contributed by atoms with Gasteiger partial charge in [0.25, 0.3) is 0 Å². The molecule has 0 aliphatic carbocycles. The predicted molar refractivity (Wildman–Crippen MR) is 88.1 cm³/mol. The van der Waals surface area contributed by atoms with E-state index < -0.39 is 18.0 Å². The Morgan fingerprint density at radius 2 is 1.88 bits per heavy atom. The Kier molecular flexibility index (Phi) is 4.94. The molecule has 1 N–H and O–H groups in total. The minimum absolute atomic E-state index is 0.113. The van der Waals surface area contributed by atoms with Gasteiger partial charge in [0.2, 0.25) is 0 Å². The molecule has 0 spiro atoms. The van der Waals surface area contributed by atoms with Gasteiger partial charge in [0, 0.05) is 25.5 Å². The molecule has 1 unspecified atom stereocenters. The lowest BCUT2D eigenvalue weighted by Gasteiger charge is -2.35. The number of rotatable bonds is 3. The maximum Gasteiger partial charge on any atom is 0.433 e. The molecule has 134 valence electrons. The molecule has 25 heavy (non-hydrogen) atoms. The molecule has 7 heteroatoms. The van der Waals surface area contributed by atoms with E-state index in [0.717, 1.165) is 30.0 Å². The highest BCUT2D eigenvalue weighted by Crippen LogP contribution is 2.33. The van der Waals surface area contributed by atoms with Crippen LogP contribution in [0.2, 0.25) is 0 Å². The molecule has 2 aromatic rings. The van der Waals surface area contributed by atoms with Gasteiger partial charge in [0.15, 0.2) is 0 Å². The Labute approximate surface area is 144 Å². The molecule has 1 aliphatic heterocycles. The highest BCUT2D eigenvalue weighted by atomic mass is 19.4. The second-order valence-electron chi connectivity index (χ2n) is 6.46. The summed E-state index contributed by atoms with van der Waals surface area (Å²) in [7, 11) is 0. The van der Waals surface area contributed by atoms with Crippen molar-refractivity contribution < 1.29 is 18.3 Å².